The van der Waals surface area contributed by atoms with Crippen LogP contribution in [0, 0.1) is 5.92 Å². The Hall–Kier alpha value is -0.660. The third kappa shape index (κ3) is 4.45. The molecule has 0 saturated carbocycles. The van der Waals surface area contributed by atoms with Gasteiger partial charge >= 0.3 is 0 Å². The molecule has 0 aromatic heterocycles. The van der Waals surface area contributed by atoms with Crippen molar-refractivity contribution in [2.75, 3.05) is 32.4 Å². The van der Waals surface area contributed by atoms with Crippen LogP contribution in [0.25, 0.3) is 0 Å². The van der Waals surface area contributed by atoms with Crippen LogP contribution in [0.3, 0.4) is 0 Å². The van der Waals surface area contributed by atoms with Gasteiger partial charge in [-0.1, -0.05) is 13.8 Å². The summed E-state index contributed by atoms with van der Waals surface area (Å²) < 4.78 is 29.2. The maximum atomic E-state index is 13.0. The molecule has 0 unspecified atom stereocenters. The summed E-state index contributed by atoms with van der Waals surface area (Å²) in [6.07, 6.45) is 2.02. The first-order valence-electron chi connectivity index (χ1n) is 8.46. The molecule has 0 radical (unpaired) electrons. The molecule has 0 spiro atoms. The first-order valence-corrected chi connectivity index (χ1v) is 10.4. The smallest absolute Gasteiger partial charge is 0.240 e. The van der Waals surface area contributed by atoms with E-state index in [1.165, 1.54) is 6.26 Å². The first kappa shape index (κ1) is 18.7. The number of carbonyl (C=O) groups excluding carboxylic acids is 1. The zero-order chi connectivity index (χ0) is 17.4. The quantitative estimate of drug-likeness (QED) is 0.752. The molecule has 134 valence electrons. The third-order valence-corrected chi connectivity index (χ3v) is 6.38. The average Bonchev–Trinajstić information content (AvgIpc) is 2.86. The maximum Gasteiger partial charge on any atom is 0.240 e. The minimum atomic E-state index is -3.08. The fourth-order valence-electron chi connectivity index (χ4n) is 3.77. The lowest BCUT2D eigenvalue weighted by atomic mass is 9.99. The van der Waals surface area contributed by atoms with Gasteiger partial charge in [0, 0.05) is 32.4 Å². The van der Waals surface area contributed by atoms with Gasteiger partial charge in [-0.2, -0.15) is 0 Å². The van der Waals surface area contributed by atoms with Crippen molar-refractivity contribution in [1.82, 2.24) is 9.80 Å². The highest BCUT2D eigenvalue weighted by molar-refractivity contribution is 7.91. The minimum absolute atomic E-state index is 0.0625. The van der Waals surface area contributed by atoms with Crippen molar-refractivity contribution in [3.8, 4) is 0 Å². The summed E-state index contributed by atoms with van der Waals surface area (Å²) >= 11 is 0. The molecule has 2 aliphatic rings. The second-order valence-corrected chi connectivity index (χ2v) is 9.75. The molecule has 2 aliphatic heterocycles. The zero-order valence-corrected chi connectivity index (χ0v) is 15.7. The molecule has 2 heterocycles. The number of rotatable bonds is 4. The van der Waals surface area contributed by atoms with E-state index in [0.29, 0.717) is 19.5 Å². The van der Waals surface area contributed by atoms with E-state index < -0.39 is 15.1 Å². The summed E-state index contributed by atoms with van der Waals surface area (Å²) in [4.78, 5) is 17.0. The Morgan fingerprint density at radius 1 is 1.13 bits per heavy atom. The van der Waals surface area contributed by atoms with Crippen molar-refractivity contribution in [1.29, 1.82) is 0 Å². The second-order valence-electron chi connectivity index (χ2n) is 7.42. The Morgan fingerprint density at radius 2 is 1.70 bits per heavy atom. The van der Waals surface area contributed by atoms with Crippen molar-refractivity contribution in [2.24, 2.45) is 5.92 Å². The van der Waals surface area contributed by atoms with Gasteiger partial charge in [-0.3, -0.25) is 9.69 Å². The van der Waals surface area contributed by atoms with Crippen LogP contribution in [-0.4, -0.2) is 80.1 Å². The Labute approximate surface area is 140 Å². The van der Waals surface area contributed by atoms with E-state index >= 15 is 0 Å². The fourth-order valence-corrected chi connectivity index (χ4v) is 4.76. The molecule has 2 saturated heterocycles. The molecular formula is C16H30N2O4S. The minimum Gasteiger partial charge on any atom is -0.373 e. The lowest BCUT2D eigenvalue weighted by molar-refractivity contribution is -0.144. The number of carbonyl (C=O) groups is 1. The van der Waals surface area contributed by atoms with E-state index in [1.807, 2.05) is 13.8 Å². The predicted molar refractivity (Wildman–Crippen MR) is 90.0 cm³/mol. The van der Waals surface area contributed by atoms with Crippen LogP contribution in [-0.2, 0) is 19.4 Å². The molecule has 23 heavy (non-hydrogen) atoms. The topological polar surface area (TPSA) is 66.9 Å². The molecule has 0 aromatic carbocycles. The molecule has 6 nitrogen and oxygen atoms in total. The summed E-state index contributed by atoms with van der Waals surface area (Å²) in [6, 6.07) is -0.206. The maximum absolute atomic E-state index is 13.0. The Bertz CT molecular complexity index is 524. The molecular weight excluding hydrogens is 316 g/mol. The first-order chi connectivity index (χ1) is 10.6. The van der Waals surface area contributed by atoms with Gasteiger partial charge in [-0.05, 0) is 26.2 Å². The van der Waals surface area contributed by atoms with E-state index in [0.717, 1.165) is 13.1 Å². The van der Waals surface area contributed by atoms with Gasteiger partial charge in [0.1, 0.15) is 0 Å². The van der Waals surface area contributed by atoms with Crippen LogP contribution < -0.4 is 0 Å². The molecule has 0 aromatic rings. The monoisotopic (exact) mass is 346 g/mol. The molecule has 2 fully saturated rings. The molecule has 0 N–H and O–H groups in total. The largest absolute Gasteiger partial charge is 0.373 e. The summed E-state index contributed by atoms with van der Waals surface area (Å²) in [5.74, 6) is 0.240. The number of likely N-dealkylation sites (tertiary alicyclic amines) is 1. The Kier molecular flexibility index (Phi) is 5.74. The molecule has 1 amide bonds. The molecule has 0 bridgehead atoms. The second kappa shape index (κ2) is 7.07. The number of hydrogen-bond acceptors (Lipinski definition) is 5. The fraction of sp³-hybridized carbons (Fsp3) is 0.938. The SMILES string of the molecule is CC(C)[C@@H](C(=O)N1CC[C@@H](S(C)(=O)=O)C1)N1C[C@@H](C)O[C@@H](C)C1. The highest BCUT2D eigenvalue weighted by Crippen LogP contribution is 2.23. The Morgan fingerprint density at radius 3 is 2.13 bits per heavy atom. The van der Waals surface area contributed by atoms with Gasteiger partial charge in [-0.25, -0.2) is 8.42 Å². The van der Waals surface area contributed by atoms with Crippen LogP contribution >= 0.6 is 0 Å². The van der Waals surface area contributed by atoms with Crippen LogP contribution in [0.15, 0.2) is 0 Å². The van der Waals surface area contributed by atoms with E-state index in [4.69, 9.17) is 4.74 Å². The molecule has 2 rings (SSSR count). The van der Waals surface area contributed by atoms with Gasteiger partial charge in [0.05, 0.1) is 23.5 Å². The lowest BCUT2D eigenvalue weighted by Crippen LogP contribution is -2.57. The van der Waals surface area contributed by atoms with Crippen LogP contribution in [0.4, 0.5) is 0 Å². The van der Waals surface area contributed by atoms with Crippen LogP contribution in [0.2, 0.25) is 0 Å². The van der Waals surface area contributed by atoms with Gasteiger partial charge in [-0.15, -0.1) is 0 Å². The van der Waals surface area contributed by atoms with E-state index in [2.05, 4.69) is 18.7 Å². The summed E-state index contributed by atoms with van der Waals surface area (Å²) in [5.41, 5.74) is 0. The van der Waals surface area contributed by atoms with Crippen molar-refractivity contribution >= 4 is 15.7 Å². The predicted octanol–water partition coefficient (Wildman–Crippen LogP) is 0.766. The van der Waals surface area contributed by atoms with E-state index in [-0.39, 0.29) is 30.1 Å². The molecule has 4 atom stereocenters. The van der Waals surface area contributed by atoms with Crippen molar-refractivity contribution < 1.29 is 17.9 Å². The highest BCUT2D eigenvalue weighted by atomic mass is 32.2. The summed E-state index contributed by atoms with van der Waals surface area (Å²) in [5, 5.41) is -0.415. The molecule has 7 heteroatoms. The Balaban J connectivity index is 2.10. The average molecular weight is 346 g/mol. The summed E-state index contributed by atoms with van der Waals surface area (Å²) in [6.45, 7) is 10.5. The van der Waals surface area contributed by atoms with Gasteiger partial charge in [0.15, 0.2) is 9.84 Å². The van der Waals surface area contributed by atoms with Crippen molar-refractivity contribution in [3.63, 3.8) is 0 Å². The van der Waals surface area contributed by atoms with Gasteiger partial charge < -0.3 is 9.64 Å². The third-order valence-electron chi connectivity index (χ3n) is 4.79. The number of sulfone groups is 1. The number of hydrogen-bond donors (Lipinski definition) is 0. The van der Waals surface area contributed by atoms with Crippen molar-refractivity contribution in [2.45, 2.75) is 57.6 Å². The number of morpholine rings is 1. The number of amides is 1. The highest BCUT2D eigenvalue weighted by Gasteiger charge is 2.40. The van der Waals surface area contributed by atoms with Crippen molar-refractivity contribution in [3.05, 3.63) is 0 Å². The number of nitrogens with zero attached hydrogens (tertiary/aromatic N) is 2. The lowest BCUT2D eigenvalue weighted by Gasteiger charge is -2.42. The van der Waals surface area contributed by atoms with E-state index in [9.17, 15) is 13.2 Å². The molecule has 0 aliphatic carbocycles. The van der Waals surface area contributed by atoms with E-state index in [1.54, 1.807) is 4.90 Å². The standard InChI is InChI=1S/C16H30N2O4S/c1-11(2)15(18-8-12(3)22-13(4)9-18)16(19)17-7-6-14(10-17)23(5,20)21/h11-15H,6-10H2,1-5H3/t12-,13+,14-,15+/m1/s1. The van der Waals surface area contributed by atoms with Gasteiger partial charge in [0.25, 0.3) is 0 Å². The van der Waals surface area contributed by atoms with Crippen LogP contribution in [0.1, 0.15) is 34.1 Å². The zero-order valence-electron chi connectivity index (χ0n) is 14.9. The van der Waals surface area contributed by atoms with Gasteiger partial charge in [0.2, 0.25) is 5.91 Å². The number of ether oxygens (including phenoxy) is 1. The normalized spacial score (nSPS) is 31.6. The summed E-state index contributed by atoms with van der Waals surface area (Å²) in [7, 11) is -3.08. The van der Waals surface area contributed by atoms with Crippen LogP contribution in [0.5, 0.6) is 0 Å².